The summed E-state index contributed by atoms with van der Waals surface area (Å²) in [6.45, 7) is 9.69. The van der Waals surface area contributed by atoms with E-state index in [2.05, 4.69) is 27.7 Å². The fraction of sp³-hybridized carbons (Fsp3) is 0.800. The molecule has 1 atom stereocenters. The standard InChI is InChI=1S/C10H18O/c1-7(2)10-5-9(4)11-6-8(10)3/h7,9H,5-6H2,1-4H3/t9-/m1/s1. The van der Waals surface area contributed by atoms with Crippen molar-refractivity contribution in [2.24, 2.45) is 5.92 Å². The van der Waals surface area contributed by atoms with Gasteiger partial charge < -0.3 is 4.74 Å². The SMILES string of the molecule is CC1=C(C(C)C)C[C@@H](C)OC1. The normalized spacial score (nSPS) is 26.5. The first-order valence-electron chi connectivity index (χ1n) is 4.41. The van der Waals surface area contributed by atoms with Crippen LogP contribution >= 0.6 is 0 Å². The smallest absolute Gasteiger partial charge is 0.0680 e. The van der Waals surface area contributed by atoms with Crippen molar-refractivity contribution < 1.29 is 4.74 Å². The number of hydrogen-bond donors (Lipinski definition) is 0. The van der Waals surface area contributed by atoms with Crippen LogP contribution < -0.4 is 0 Å². The lowest BCUT2D eigenvalue weighted by molar-refractivity contribution is 0.0690. The summed E-state index contributed by atoms with van der Waals surface area (Å²) in [5.41, 5.74) is 3.04. The van der Waals surface area contributed by atoms with Crippen LogP contribution in [0, 0.1) is 5.92 Å². The van der Waals surface area contributed by atoms with E-state index in [9.17, 15) is 0 Å². The van der Waals surface area contributed by atoms with Gasteiger partial charge in [0.2, 0.25) is 0 Å². The van der Waals surface area contributed by atoms with Crippen LogP contribution in [-0.4, -0.2) is 12.7 Å². The first kappa shape index (κ1) is 8.79. The predicted octanol–water partition coefficient (Wildman–Crippen LogP) is 2.77. The number of rotatable bonds is 1. The van der Waals surface area contributed by atoms with E-state index in [1.165, 1.54) is 5.57 Å². The molecule has 0 saturated heterocycles. The first-order valence-corrected chi connectivity index (χ1v) is 4.41. The van der Waals surface area contributed by atoms with Crippen molar-refractivity contribution >= 4 is 0 Å². The quantitative estimate of drug-likeness (QED) is 0.528. The Hall–Kier alpha value is -0.300. The van der Waals surface area contributed by atoms with Gasteiger partial charge in [-0.15, -0.1) is 0 Å². The summed E-state index contributed by atoms with van der Waals surface area (Å²) in [7, 11) is 0. The van der Waals surface area contributed by atoms with E-state index in [0.717, 1.165) is 13.0 Å². The van der Waals surface area contributed by atoms with Gasteiger partial charge in [-0.05, 0) is 31.8 Å². The van der Waals surface area contributed by atoms with Gasteiger partial charge in [0, 0.05) is 0 Å². The minimum absolute atomic E-state index is 0.427. The molecule has 64 valence electrons. The first-order chi connectivity index (χ1) is 5.11. The lowest BCUT2D eigenvalue weighted by Gasteiger charge is -2.26. The molecular weight excluding hydrogens is 136 g/mol. The fourth-order valence-corrected chi connectivity index (χ4v) is 1.63. The van der Waals surface area contributed by atoms with Gasteiger partial charge in [0.15, 0.2) is 0 Å². The maximum atomic E-state index is 5.51. The summed E-state index contributed by atoms with van der Waals surface area (Å²) in [6, 6.07) is 0. The van der Waals surface area contributed by atoms with Crippen molar-refractivity contribution in [3.63, 3.8) is 0 Å². The lowest BCUT2D eigenvalue weighted by atomic mass is 9.91. The zero-order valence-electron chi connectivity index (χ0n) is 7.98. The van der Waals surface area contributed by atoms with E-state index in [1.54, 1.807) is 5.57 Å². The Kier molecular flexibility index (Phi) is 2.72. The molecule has 0 radical (unpaired) electrons. The Morgan fingerprint density at radius 3 is 2.55 bits per heavy atom. The molecule has 0 unspecified atom stereocenters. The predicted molar refractivity (Wildman–Crippen MR) is 47.6 cm³/mol. The molecule has 0 bridgehead atoms. The molecule has 1 heterocycles. The Bertz CT molecular complexity index is 168. The third kappa shape index (κ3) is 2.06. The number of ether oxygens (including phenoxy) is 1. The van der Waals surface area contributed by atoms with Gasteiger partial charge in [0.1, 0.15) is 0 Å². The van der Waals surface area contributed by atoms with E-state index in [4.69, 9.17) is 4.74 Å². The van der Waals surface area contributed by atoms with Crippen molar-refractivity contribution in [3.8, 4) is 0 Å². The van der Waals surface area contributed by atoms with E-state index >= 15 is 0 Å². The fourth-order valence-electron chi connectivity index (χ4n) is 1.63. The van der Waals surface area contributed by atoms with Crippen LogP contribution in [0.25, 0.3) is 0 Å². The highest BCUT2D eigenvalue weighted by Crippen LogP contribution is 2.25. The molecule has 0 fully saturated rings. The van der Waals surface area contributed by atoms with Gasteiger partial charge in [0.05, 0.1) is 12.7 Å². The van der Waals surface area contributed by atoms with E-state index in [-0.39, 0.29) is 0 Å². The van der Waals surface area contributed by atoms with Crippen molar-refractivity contribution in [3.05, 3.63) is 11.1 Å². The monoisotopic (exact) mass is 154 g/mol. The van der Waals surface area contributed by atoms with Gasteiger partial charge in [-0.25, -0.2) is 0 Å². The Morgan fingerprint density at radius 2 is 2.09 bits per heavy atom. The summed E-state index contributed by atoms with van der Waals surface area (Å²) < 4.78 is 5.51. The van der Waals surface area contributed by atoms with Gasteiger partial charge in [0.25, 0.3) is 0 Å². The van der Waals surface area contributed by atoms with Gasteiger partial charge in [-0.3, -0.25) is 0 Å². The summed E-state index contributed by atoms with van der Waals surface area (Å²) >= 11 is 0. The van der Waals surface area contributed by atoms with Crippen molar-refractivity contribution in [2.45, 2.75) is 40.2 Å². The van der Waals surface area contributed by atoms with Crippen LogP contribution in [0.3, 0.4) is 0 Å². The second kappa shape index (κ2) is 3.40. The third-order valence-electron chi connectivity index (χ3n) is 2.34. The molecule has 0 aromatic rings. The van der Waals surface area contributed by atoms with Gasteiger partial charge >= 0.3 is 0 Å². The zero-order valence-corrected chi connectivity index (χ0v) is 7.98. The summed E-state index contributed by atoms with van der Waals surface area (Å²) in [6.07, 6.45) is 1.56. The minimum atomic E-state index is 0.427. The minimum Gasteiger partial charge on any atom is -0.374 e. The summed E-state index contributed by atoms with van der Waals surface area (Å²) in [4.78, 5) is 0. The molecule has 1 aliphatic heterocycles. The Morgan fingerprint density at radius 1 is 1.45 bits per heavy atom. The highest BCUT2D eigenvalue weighted by molar-refractivity contribution is 5.17. The van der Waals surface area contributed by atoms with Crippen LogP contribution in [0.4, 0.5) is 0 Å². The third-order valence-corrected chi connectivity index (χ3v) is 2.34. The molecular formula is C10H18O. The highest BCUT2D eigenvalue weighted by Gasteiger charge is 2.17. The van der Waals surface area contributed by atoms with E-state index in [0.29, 0.717) is 12.0 Å². The maximum Gasteiger partial charge on any atom is 0.0680 e. The van der Waals surface area contributed by atoms with Crippen molar-refractivity contribution in [1.82, 2.24) is 0 Å². The Labute approximate surface area is 69.4 Å². The van der Waals surface area contributed by atoms with Crippen LogP contribution in [0.15, 0.2) is 11.1 Å². The largest absolute Gasteiger partial charge is 0.374 e. The van der Waals surface area contributed by atoms with Gasteiger partial charge in [-0.2, -0.15) is 0 Å². The molecule has 0 saturated carbocycles. The summed E-state index contributed by atoms with van der Waals surface area (Å²) in [5.74, 6) is 0.696. The van der Waals surface area contributed by atoms with Crippen molar-refractivity contribution in [2.75, 3.05) is 6.61 Å². The molecule has 0 aliphatic carbocycles. The molecule has 0 spiro atoms. The zero-order chi connectivity index (χ0) is 8.43. The number of hydrogen-bond acceptors (Lipinski definition) is 1. The molecule has 1 nitrogen and oxygen atoms in total. The van der Waals surface area contributed by atoms with Crippen LogP contribution in [0.2, 0.25) is 0 Å². The molecule has 0 N–H and O–H groups in total. The highest BCUT2D eigenvalue weighted by atomic mass is 16.5. The topological polar surface area (TPSA) is 9.23 Å². The second-order valence-corrected chi connectivity index (χ2v) is 3.79. The molecule has 0 amide bonds. The molecule has 1 aliphatic rings. The van der Waals surface area contributed by atoms with Crippen LogP contribution in [-0.2, 0) is 4.74 Å². The Balaban J connectivity index is 2.71. The average Bonchev–Trinajstić information content (AvgIpc) is 1.94. The van der Waals surface area contributed by atoms with E-state index < -0.39 is 0 Å². The van der Waals surface area contributed by atoms with Crippen molar-refractivity contribution in [1.29, 1.82) is 0 Å². The van der Waals surface area contributed by atoms with Crippen LogP contribution in [0.1, 0.15) is 34.1 Å². The molecule has 1 heteroatoms. The average molecular weight is 154 g/mol. The second-order valence-electron chi connectivity index (χ2n) is 3.79. The van der Waals surface area contributed by atoms with E-state index in [1.807, 2.05) is 0 Å². The molecule has 1 rings (SSSR count). The maximum absolute atomic E-state index is 5.51. The molecule has 0 aromatic carbocycles. The molecule has 11 heavy (non-hydrogen) atoms. The lowest BCUT2D eigenvalue weighted by Crippen LogP contribution is -2.20. The molecule has 0 aromatic heterocycles. The van der Waals surface area contributed by atoms with Gasteiger partial charge in [-0.1, -0.05) is 19.4 Å². The van der Waals surface area contributed by atoms with Crippen LogP contribution in [0.5, 0.6) is 0 Å². The summed E-state index contributed by atoms with van der Waals surface area (Å²) in [5, 5.41) is 0.